The van der Waals surface area contributed by atoms with E-state index in [-0.39, 0.29) is 5.91 Å². The van der Waals surface area contributed by atoms with Crippen LogP contribution in [0.15, 0.2) is 28.2 Å². The van der Waals surface area contributed by atoms with Crippen LogP contribution in [0.5, 0.6) is 0 Å². The lowest BCUT2D eigenvalue weighted by molar-refractivity contribution is 0.102. The largest absolute Gasteiger partial charge is 0.321 e. The molecular formula is C13H13BrN2OS. The number of carbonyl (C=O) groups is 1. The van der Waals surface area contributed by atoms with Gasteiger partial charge in [0.25, 0.3) is 5.91 Å². The van der Waals surface area contributed by atoms with Gasteiger partial charge in [0, 0.05) is 10.2 Å². The molecule has 2 aromatic rings. The van der Waals surface area contributed by atoms with Crippen LogP contribution >= 0.6 is 27.3 Å². The van der Waals surface area contributed by atoms with E-state index in [4.69, 9.17) is 0 Å². The van der Waals surface area contributed by atoms with Crippen LogP contribution in [-0.2, 0) is 6.42 Å². The van der Waals surface area contributed by atoms with Gasteiger partial charge in [-0.1, -0.05) is 22.9 Å². The zero-order valence-electron chi connectivity index (χ0n) is 10.2. The minimum absolute atomic E-state index is 0.0907. The highest BCUT2D eigenvalue weighted by Gasteiger charge is 2.13. The summed E-state index contributed by atoms with van der Waals surface area (Å²) < 4.78 is 1.02. The molecule has 0 saturated carbocycles. The summed E-state index contributed by atoms with van der Waals surface area (Å²) >= 11 is 4.79. The number of aromatic nitrogens is 1. The van der Waals surface area contributed by atoms with E-state index >= 15 is 0 Å². The molecule has 0 aliphatic heterocycles. The number of benzene rings is 1. The topological polar surface area (TPSA) is 42.0 Å². The second-order valence-electron chi connectivity index (χ2n) is 3.88. The Hall–Kier alpha value is -1.20. The minimum atomic E-state index is -0.0907. The number of hydrogen-bond donors (Lipinski definition) is 1. The van der Waals surface area contributed by atoms with Gasteiger partial charge in [-0.25, -0.2) is 4.98 Å². The maximum Gasteiger partial charge on any atom is 0.267 e. The van der Waals surface area contributed by atoms with Crippen molar-refractivity contribution in [3.8, 4) is 0 Å². The van der Waals surface area contributed by atoms with Crippen LogP contribution in [0.4, 0.5) is 5.69 Å². The molecule has 1 aromatic carbocycles. The highest BCUT2D eigenvalue weighted by Crippen LogP contribution is 2.23. The van der Waals surface area contributed by atoms with Gasteiger partial charge in [0.2, 0.25) is 0 Å². The summed E-state index contributed by atoms with van der Waals surface area (Å²) in [5.74, 6) is -0.0907. The maximum atomic E-state index is 12.1. The molecule has 0 unspecified atom stereocenters. The molecule has 1 N–H and O–H groups in total. The van der Waals surface area contributed by atoms with Crippen molar-refractivity contribution in [3.05, 3.63) is 44.3 Å². The molecule has 0 aliphatic rings. The van der Waals surface area contributed by atoms with E-state index in [1.54, 1.807) is 5.51 Å². The lowest BCUT2D eigenvalue weighted by Gasteiger charge is -2.09. The molecule has 1 heterocycles. The van der Waals surface area contributed by atoms with Crippen molar-refractivity contribution in [3.63, 3.8) is 0 Å². The number of anilines is 1. The lowest BCUT2D eigenvalue weighted by Crippen LogP contribution is -2.13. The molecule has 2 rings (SSSR count). The zero-order valence-corrected chi connectivity index (χ0v) is 12.6. The first-order valence-corrected chi connectivity index (χ1v) is 7.29. The predicted octanol–water partition coefficient (Wildman–Crippen LogP) is 4.03. The molecule has 0 bridgehead atoms. The van der Waals surface area contributed by atoms with Crippen LogP contribution < -0.4 is 5.32 Å². The molecule has 0 atom stereocenters. The molecule has 3 nitrogen and oxygen atoms in total. The summed E-state index contributed by atoms with van der Waals surface area (Å²) in [4.78, 5) is 16.8. The molecule has 0 radical (unpaired) electrons. The average molecular weight is 325 g/mol. The summed E-state index contributed by atoms with van der Waals surface area (Å²) in [7, 11) is 0. The monoisotopic (exact) mass is 324 g/mol. The Morgan fingerprint density at radius 1 is 1.50 bits per heavy atom. The third-order valence-corrected chi connectivity index (χ3v) is 4.07. The van der Waals surface area contributed by atoms with Gasteiger partial charge in [-0.15, -0.1) is 11.3 Å². The number of nitrogens with one attached hydrogen (secondary N) is 1. The summed E-state index contributed by atoms with van der Waals surface area (Å²) in [5, 5.41) is 2.94. The quantitative estimate of drug-likeness (QED) is 0.926. The van der Waals surface area contributed by atoms with E-state index in [1.807, 2.05) is 25.1 Å². The van der Waals surface area contributed by atoms with E-state index in [0.29, 0.717) is 4.88 Å². The van der Waals surface area contributed by atoms with Gasteiger partial charge >= 0.3 is 0 Å². The summed E-state index contributed by atoms with van der Waals surface area (Å²) in [6.45, 7) is 3.91. The second-order valence-corrected chi connectivity index (χ2v) is 5.65. The van der Waals surface area contributed by atoms with E-state index < -0.39 is 0 Å². The Kier molecular flexibility index (Phi) is 4.14. The number of halogens is 1. The van der Waals surface area contributed by atoms with E-state index in [0.717, 1.165) is 27.8 Å². The number of aryl methyl sites for hydroxylation is 2. The molecule has 0 spiro atoms. The second kappa shape index (κ2) is 5.63. The van der Waals surface area contributed by atoms with Crippen LogP contribution in [0.3, 0.4) is 0 Å². The zero-order chi connectivity index (χ0) is 13.1. The SMILES string of the molecule is CCc1cc(Br)ccc1NC(=O)c1scnc1C. The van der Waals surface area contributed by atoms with Gasteiger partial charge in [-0.05, 0) is 37.1 Å². The van der Waals surface area contributed by atoms with E-state index in [2.05, 4.69) is 33.2 Å². The van der Waals surface area contributed by atoms with Crippen molar-refractivity contribution in [2.24, 2.45) is 0 Å². The maximum absolute atomic E-state index is 12.1. The molecule has 1 aromatic heterocycles. The normalized spacial score (nSPS) is 10.4. The van der Waals surface area contributed by atoms with Crippen molar-refractivity contribution < 1.29 is 4.79 Å². The van der Waals surface area contributed by atoms with Crippen LogP contribution in [0, 0.1) is 6.92 Å². The summed E-state index contributed by atoms with van der Waals surface area (Å²) in [6, 6.07) is 5.86. The van der Waals surface area contributed by atoms with Gasteiger partial charge in [0.15, 0.2) is 0 Å². The summed E-state index contributed by atoms with van der Waals surface area (Å²) in [5.41, 5.74) is 4.43. The van der Waals surface area contributed by atoms with Gasteiger partial charge in [0.1, 0.15) is 4.88 Å². The lowest BCUT2D eigenvalue weighted by atomic mass is 10.1. The van der Waals surface area contributed by atoms with Gasteiger partial charge < -0.3 is 5.32 Å². The van der Waals surface area contributed by atoms with Crippen LogP contribution in [-0.4, -0.2) is 10.9 Å². The van der Waals surface area contributed by atoms with Crippen LogP contribution in [0.25, 0.3) is 0 Å². The van der Waals surface area contributed by atoms with Crippen LogP contribution in [0.1, 0.15) is 27.9 Å². The van der Waals surface area contributed by atoms with Crippen molar-refractivity contribution in [1.82, 2.24) is 4.98 Å². The van der Waals surface area contributed by atoms with Gasteiger partial charge in [0.05, 0.1) is 11.2 Å². The highest BCUT2D eigenvalue weighted by molar-refractivity contribution is 9.10. The standard InChI is InChI=1S/C13H13BrN2OS/c1-3-9-6-10(14)4-5-11(9)16-13(17)12-8(2)15-7-18-12/h4-7H,3H2,1-2H3,(H,16,17). The van der Waals surface area contributed by atoms with Crippen molar-refractivity contribution in [2.45, 2.75) is 20.3 Å². The third kappa shape index (κ3) is 2.79. The molecule has 1 amide bonds. The first kappa shape index (κ1) is 13.2. The van der Waals surface area contributed by atoms with Crippen LogP contribution in [0.2, 0.25) is 0 Å². The van der Waals surface area contributed by atoms with Crippen molar-refractivity contribution in [1.29, 1.82) is 0 Å². The number of thiazole rings is 1. The third-order valence-electron chi connectivity index (χ3n) is 2.65. The molecular weight excluding hydrogens is 312 g/mol. The highest BCUT2D eigenvalue weighted by atomic mass is 79.9. The van der Waals surface area contributed by atoms with E-state index in [9.17, 15) is 4.79 Å². The number of hydrogen-bond acceptors (Lipinski definition) is 3. The predicted molar refractivity (Wildman–Crippen MR) is 78.3 cm³/mol. The Morgan fingerprint density at radius 3 is 2.89 bits per heavy atom. The average Bonchev–Trinajstić information content (AvgIpc) is 2.77. The van der Waals surface area contributed by atoms with Crippen molar-refractivity contribution >= 4 is 38.9 Å². The first-order chi connectivity index (χ1) is 8.61. The molecule has 5 heteroatoms. The molecule has 0 aliphatic carbocycles. The fourth-order valence-electron chi connectivity index (χ4n) is 1.68. The Bertz CT molecular complexity index is 580. The number of amides is 1. The van der Waals surface area contributed by atoms with E-state index in [1.165, 1.54) is 11.3 Å². The Morgan fingerprint density at radius 2 is 2.28 bits per heavy atom. The fraction of sp³-hybridized carbons (Fsp3) is 0.231. The number of nitrogens with zero attached hydrogens (tertiary/aromatic N) is 1. The van der Waals surface area contributed by atoms with Crippen molar-refractivity contribution in [2.75, 3.05) is 5.32 Å². The Balaban J connectivity index is 2.24. The van der Waals surface area contributed by atoms with Gasteiger partial charge in [-0.3, -0.25) is 4.79 Å². The fourth-order valence-corrected chi connectivity index (χ4v) is 2.78. The molecule has 0 saturated heterocycles. The molecule has 18 heavy (non-hydrogen) atoms. The first-order valence-electron chi connectivity index (χ1n) is 5.61. The smallest absolute Gasteiger partial charge is 0.267 e. The summed E-state index contributed by atoms with van der Waals surface area (Å²) in [6.07, 6.45) is 0.872. The Labute approximate surface area is 118 Å². The minimum Gasteiger partial charge on any atom is -0.321 e. The molecule has 94 valence electrons. The number of rotatable bonds is 3. The number of carbonyl (C=O) groups excluding carboxylic acids is 1. The van der Waals surface area contributed by atoms with Gasteiger partial charge in [-0.2, -0.15) is 0 Å². The molecule has 0 fully saturated rings.